The Hall–Kier alpha value is -1.77. The average Bonchev–Trinajstić information content (AvgIpc) is 2.60. The number of anilines is 1. The van der Waals surface area contributed by atoms with E-state index in [1.165, 1.54) is 11.1 Å². The van der Waals surface area contributed by atoms with Crippen LogP contribution in [0.2, 0.25) is 0 Å². The summed E-state index contributed by atoms with van der Waals surface area (Å²) in [6.07, 6.45) is 0. The lowest BCUT2D eigenvalue weighted by Gasteiger charge is -2.08. The van der Waals surface area contributed by atoms with Gasteiger partial charge in [0.15, 0.2) is 0 Å². The zero-order valence-electron chi connectivity index (χ0n) is 10.8. The molecule has 0 saturated heterocycles. The number of nitrogens with zero attached hydrogens (tertiary/aromatic N) is 1. The maximum absolute atomic E-state index is 5.53. The highest BCUT2D eigenvalue weighted by Crippen LogP contribution is 2.17. The predicted molar refractivity (Wildman–Crippen MR) is 69.2 cm³/mol. The fourth-order valence-corrected chi connectivity index (χ4v) is 1.71. The normalized spacial score (nSPS) is 10.6. The van der Waals surface area contributed by atoms with Crippen molar-refractivity contribution in [2.45, 2.75) is 34.2 Å². The molecule has 3 heteroatoms. The molecule has 0 aliphatic rings. The van der Waals surface area contributed by atoms with Gasteiger partial charge in [0, 0.05) is 5.69 Å². The molecule has 0 aliphatic carbocycles. The highest BCUT2D eigenvalue weighted by Gasteiger charge is 2.05. The quantitative estimate of drug-likeness (QED) is 0.876. The third-order valence-corrected chi connectivity index (χ3v) is 2.90. The van der Waals surface area contributed by atoms with Crippen LogP contribution in [0.15, 0.2) is 22.6 Å². The molecule has 2 aromatic rings. The molecule has 1 heterocycles. The Bertz CT molecular complexity index is 510. The van der Waals surface area contributed by atoms with E-state index in [0.717, 1.165) is 23.0 Å². The minimum atomic E-state index is 0.624. The molecule has 17 heavy (non-hydrogen) atoms. The van der Waals surface area contributed by atoms with Crippen LogP contribution in [0.5, 0.6) is 0 Å². The van der Waals surface area contributed by atoms with E-state index in [1.807, 2.05) is 13.8 Å². The molecular weight excluding hydrogens is 212 g/mol. The predicted octanol–water partition coefficient (Wildman–Crippen LogP) is 3.52. The second-order valence-electron chi connectivity index (χ2n) is 4.42. The topological polar surface area (TPSA) is 38.1 Å². The van der Waals surface area contributed by atoms with Gasteiger partial charge in [0.2, 0.25) is 5.89 Å². The van der Waals surface area contributed by atoms with E-state index < -0.39 is 0 Å². The Labute approximate surface area is 102 Å². The lowest BCUT2D eigenvalue weighted by atomic mass is 10.1. The minimum absolute atomic E-state index is 0.624. The second-order valence-corrected chi connectivity index (χ2v) is 4.42. The first kappa shape index (κ1) is 11.7. The smallest absolute Gasteiger partial charge is 0.213 e. The van der Waals surface area contributed by atoms with Gasteiger partial charge < -0.3 is 9.73 Å². The Morgan fingerprint density at radius 3 is 2.59 bits per heavy atom. The number of benzene rings is 1. The summed E-state index contributed by atoms with van der Waals surface area (Å²) in [5.74, 6) is 1.63. The highest BCUT2D eigenvalue weighted by atomic mass is 16.4. The molecule has 0 saturated carbocycles. The van der Waals surface area contributed by atoms with Crippen LogP contribution in [0.25, 0.3) is 0 Å². The van der Waals surface area contributed by atoms with Gasteiger partial charge in [-0.05, 0) is 44.9 Å². The standard InChI is InChI=1S/C14H18N2O/c1-9-5-6-10(2)13(7-9)15-8-14-16-11(3)12(4)17-14/h5-7,15H,8H2,1-4H3. The fraction of sp³-hybridized carbons (Fsp3) is 0.357. The van der Waals surface area contributed by atoms with Crippen molar-refractivity contribution in [3.05, 3.63) is 46.7 Å². The van der Waals surface area contributed by atoms with Crippen molar-refractivity contribution in [2.24, 2.45) is 0 Å². The van der Waals surface area contributed by atoms with Crippen molar-refractivity contribution in [1.82, 2.24) is 4.98 Å². The summed E-state index contributed by atoms with van der Waals surface area (Å²) < 4.78 is 5.53. The number of hydrogen-bond donors (Lipinski definition) is 1. The molecule has 0 amide bonds. The SMILES string of the molecule is Cc1ccc(C)c(NCc2nc(C)c(C)o2)c1. The van der Waals surface area contributed by atoms with Gasteiger partial charge in [-0.25, -0.2) is 4.98 Å². The van der Waals surface area contributed by atoms with E-state index in [-0.39, 0.29) is 0 Å². The summed E-state index contributed by atoms with van der Waals surface area (Å²) in [4.78, 5) is 4.35. The zero-order valence-corrected chi connectivity index (χ0v) is 10.8. The van der Waals surface area contributed by atoms with E-state index in [1.54, 1.807) is 0 Å². The van der Waals surface area contributed by atoms with Gasteiger partial charge in [-0.1, -0.05) is 12.1 Å². The molecule has 90 valence electrons. The van der Waals surface area contributed by atoms with Crippen molar-refractivity contribution in [3.63, 3.8) is 0 Å². The summed E-state index contributed by atoms with van der Waals surface area (Å²) >= 11 is 0. The Morgan fingerprint density at radius 2 is 1.94 bits per heavy atom. The first-order valence-electron chi connectivity index (χ1n) is 5.80. The van der Waals surface area contributed by atoms with Crippen LogP contribution in [0, 0.1) is 27.7 Å². The largest absolute Gasteiger partial charge is 0.444 e. The minimum Gasteiger partial charge on any atom is -0.444 e. The maximum Gasteiger partial charge on any atom is 0.213 e. The van der Waals surface area contributed by atoms with Gasteiger partial charge >= 0.3 is 0 Å². The van der Waals surface area contributed by atoms with Crippen molar-refractivity contribution >= 4 is 5.69 Å². The molecule has 0 bridgehead atoms. The molecule has 0 radical (unpaired) electrons. The van der Waals surface area contributed by atoms with Crippen LogP contribution < -0.4 is 5.32 Å². The molecule has 1 aromatic carbocycles. The highest BCUT2D eigenvalue weighted by molar-refractivity contribution is 5.52. The van der Waals surface area contributed by atoms with Crippen molar-refractivity contribution < 1.29 is 4.42 Å². The summed E-state index contributed by atoms with van der Waals surface area (Å²) in [6, 6.07) is 6.36. The molecule has 0 atom stereocenters. The van der Waals surface area contributed by atoms with Crippen molar-refractivity contribution in [3.8, 4) is 0 Å². The second kappa shape index (κ2) is 4.62. The number of nitrogens with one attached hydrogen (secondary N) is 1. The van der Waals surface area contributed by atoms with E-state index in [9.17, 15) is 0 Å². The fourth-order valence-electron chi connectivity index (χ4n) is 1.71. The van der Waals surface area contributed by atoms with Crippen LogP contribution in [-0.2, 0) is 6.54 Å². The van der Waals surface area contributed by atoms with E-state index in [4.69, 9.17) is 4.42 Å². The molecule has 2 rings (SSSR count). The van der Waals surface area contributed by atoms with Gasteiger partial charge in [-0.3, -0.25) is 0 Å². The van der Waals surface area contributed by atoms with Gasteiger partial charge in [0.05, 0.1) is 12.2 Å². The molecule has 1 aromatic heterocycles. The third kappa shape index (κ3) is 2.67. The Balaban J connectivity index is 2.09. The van der Waals surface area contributed by atoms with Crippen LogP contribution in [0.1, 0.15) is 28.5 Å². The third-order valence-electron chi connectivity index (χ3n) is 2.90. The Kier molecular flexibility index (Phi) is 3.18. The van der Waals surface area contributed by atoms with E-state index >= 15 is 0 Å². The molecular formula is C14H18N2O. The lowest BCUT2D eigenvalue weighted by Crippen LogP contribution is -2.01. The summed E-state index contributed by atoms with van der Waals surface area (Å²) in [7, 11) is 0. The average molecular weight is 230 g/mol. The van der Waals surface area contributed by atoms with Gasteiger partial charge in [0.1, 0.15) is 5.76 Å². The monoisotopic (exact) mass is 230 g/mol. The molecule has 0 aliphatic heterocycles. The van der Waals surface area contributed by atoms with Crippen LogP contribution >= 0.6 is 0 Å². The van der Waals surface area contributed by atoms with Crippen LogP contribution in [-0.4, -0.2) is 4.98 Å². The molecule has 0 fully saturated rings. The van der Waals surface area contributed by atoms with Crippen LogP contribution in [0.4, 0.5) is 5.69 Å². The van der Waals surface area contributed by atoms with Gasteiger partial charge in [-0.15, -0.1) is 0 Å². The van der Waals surface area contributed by atoms with E-state index in [2.05, 4.69) is 42.3 Å². The first-order valence-corrected chi connectivity index (χ1v) is 5.80. The van der Waals surface area contributed by atoms with Gasteiger partial charge in [-0.2, -0.15) is 0 Å². The number of hydrogen-bond acceptors (Lipinski definition) is 3. The van der Waals surface area contributed by atoms with E-state index in [0.29, 0.717) is 6.54 Å². The molecule has 1 N–H and O–H groups in total. The summed E-state index contributed by atoms with van der Waals surface area (Å²) in [6.45, 7) is 8.70. The van der Waals surface area contributed by atoms with Crippen LogP contribution in [0.3, 0.4) is 0 Å². The Morgan fingerprint density at radius 1 is 1.18 bits per heavy atom. The number of aryl methyl sites for hydroxylation is 4. The van der Waals surface area contributed by atoms with Crippen molar-refractivity contribution in [1.29, 1.82) is 0 Å². The lowest BCUT2D eigenvalue weighted by molar-refractivity contribution is 0.478. The van der Waals surface area contributed by atoms with Gasteiger partial charge in [0.25, 0.3) is 0 Å². The molecule has 0 spiro atoms. The molecule has 3 nitrogen and oxygen atoms in total. The number of oxazole rings is 1. The first-order chi connectivity index (χ1) is 8.06. The zero-order chi connectivity index (χ0) is 12.4. The number of aromatic nitrogens is 1. The summed E-state index contributed by atoms with van der Waals surface area (Å²) in [5.41, 5.74) is 4.58. The maximum atomic E-state index is 5.53. The summed E-state index contributed by atoms with van der Waals surface area (Å²) in [5, 5.41) is 3.35. The number of rotatable bonds is 3. The van der Waals surface area contributed by atoms with Crippen molar-refractivity contribution in [2.75, 3.05) is 5.32 Å². The molecule has 0 unspecified atom stereocenters.